The van der Waals surface area contributed by atoms with E-state index in [-0.39, 0.29) is 5.15 Å². The SMILES string of the molecule is Cc1ccccc1CN(C)c1ncnc(Cl)c1C=O. The summed E-state index contributed by atoms with van der Waals surface area (Å²) in [6.45, 7) is 2.71. The van der Waals surface area contributed by atoms with Crippen molar-refractivity contribution in [2.24, 2.45) is 0 Å². The molecule has 2 rings (SSSR count). The molecule has 0 aliphatic rings. The number of aldehydes is 1. The predicted octanol–water partition coefficient (Wildman–Crippen LogP) is 2.89. The number of hydrogen-bond acceptors (Lipinski definition) is 4. The Morgan fingerprint density at radius 1 is 1.32 bits per heavy atom. The average molecular weight is 276 g/mol. The second-order valence-corrected chi connectivity index (χ2v) is 4.66. The summed E-state index contributed by atoms with van der Waals surface area (Å²) in [7, 11) is 1.87. The Morgan fingerprint density at radius 2 is 2.05 bits per heavy atom. The lowest BCUT2D eigenvalue weighted by molar-refractivity contribution is 0.112. The summed E-state index contributed by atoms with van der Waals surface area (Å²) in [6.07, 6.45) is 2.05. The van der Waals surface area contributed by atoms with E-state index in [9.17, 15) is 4.79 Å². The van der Waals surface area contributed by atoms with E-state index in [4.69, 9.17) is 11.6 Å². The first kappa shape index (κ1) is 13.5. The lowest BCUT2D eigenvalue weighted by Crippen LogP contribution is -2.20. The van der Waals surface area contributed by atoms with E-state index < -0.39 is 0 Å². The van der Waals surface area contributed by atoms with Gasteiger partial charge in [-0.05, 0) is 18.1 Å². The Balaban J connectivity index is 2.30. The summed E-state index contributed by atoms with van der Waals surface area (Å²) in [5.41, 5.74) is 2.69. The molecule has 0 bridgehead atoms. The summed E-state index contributed by atoms with van der Waals surface area (Å²) in [5.74, 6) is 0.540. The number of aromatic nitrogens is 2. The summed E-state index contributed by atoms with van der Waals surface area (Å²) in [6, 6.07) is 8.09. The largest absolute Gasteiger partial charge is 0.355 e. The van der Waals surface area contributed by atoms with Crippen LogP contribution in [-0.4, -0.2) is 23.3 Å². The van der Waals surface area contributed by atoms with Gasteiger partial charge in [-0.15, -0.1) is 0 Å². The summed E-state index contributed by atoms with van der Waals surface area (Å²) in [4.78, 5) is 20.9. The maximum absolute atomic E-state index is 11.1. The Labute approximate surface area is 117 Å². The predicted molar refractivity (Wildman–Crippen MR) is 75.7 cm³/mol. The zero-order chi connectivity index (χ0) is 13.8. The van der Waals surface area contributed by atoms with E-state index in [0.29, 0.717) is 24.2 Å². The molecule has 0 saturated carbocycles. The van der Waals surface area contributed by atoms with E-state index >= 15 is 0 Å². The van der Waals surface area contributed by atoms with E-state index in [2.05, 4.69) is 29.0 Å². The second-order valence-electron chi connectivity index (χ2n) is 4.30. The maximum atomic E-state index is 11.1. The molecule has 4 nitrogen and oxygen atoms in total. The van der Waals surface area contributed by atoms with Crippen LogP contribution >= 0.6 is 11.6 Å². The van der Waals surface area contributed by atoms with Gasteiger partial charge < -0.3 is 4.90 Å². The molecular formula is C14H14ClN3O. The third kappa shape index (κ3) is 2.90. The highest BCUT2D eigenvalue weighted by molar-refractivity contribution is 6.32. The second kappa shape index (κ2) is 5.80. The number of hydrogen-bond donors (Lipinski definition) is 0. The van der Waals surface area contributed by atoms with Gasteiger partial charge in [-0.1, -0.05) is 35.9 Å². The number of rotatable bonds is 4. The highest BCUT2D eigenvalue weighted by Gasteiger charge is 2.13. The van der Waals surface area contributed by atoms with Gasteiger partial charge in [0.2, 0.25) is 0 Å². The molecule has 0 aliphatic heterocycles. The lowest BCUT2D eigenvalue weighted by Gasteiger charge is -2.20. The molecule has 0 saturated heterocycles. The van der Waals surface area contributed by atoms with Crippen molar-refractivity contribution in [1.82, 2.24) is 9.97 Å². The molecule has 19 heavy (non-hydrogen) atoms. The maximum Gasteiger partial charge on any atom is 0.156 e. The van der Waals surface area contributed by atoms with Crippen LogP contribution < -0.4 is 4.90 Å². The Bertz CT molecular complexity index is 601. The molecule has 0 amide bonds. The van der Waals surface area contributed by atoms with E-state index in [0.717, 1.165) is 0 Å². The van der Waals surface area contributed by atoms with Crippen LogP contribution in [0.5, 0.6) is 0 Å². The quantitative estimate of drug-likeness (QED) is 0.636. The molecule has 0 N–H and O–H groups in total. The minimum Gasteiger partial charge on any atom is -0.355 e. The normalized spacial score (nSPS) is 10.3. The van der Waals surface area contributed by atoms with Gasteiger partial charge in [0.05, 0.1) is 5.56 Å². The molecule has 1 heterocycles. The van der Waals surface area contributed by atoms with Crippen molar-refractivity contribution in [3.63, 3.8) is 0 Å². The number of anilines is 1. The van der Waals surface area contributed by atoms with Crippen molar-refractivity contribution in [2.75, 3.05) is 11.9 Å². The van der Waals surface area contributed by atoms with Gasteiger partial charge >= 0.3 is 0 Å². The van der Waals surface area contributed by atoms with Gasteiger partial charge in [-0.25, -0.2) is 9.97 Å². The summed E-state index contributed by atoms with van der Waals surface area (Å²) in [5, 5.41) is 0.177. The van der Waals surface area contributed by atoms with E-state index in [1.165, 1.54) is 17.5 Å². The van der Waals surface area contributed by atoms with E-state index in [1.807, 2.05) is 24.1 Å². The molecule has 0 fully saturated rings. The fraction of sp³-hybridized carbons (Fsp3) is 0.214. The van der Waals surface area contributed by atoms with Crippen LogP contribution in [0.4, 0.5) is 5.82 Å². The molecule has 0 radical (unpaired) electrons. The zero-order valence-electron chi connectivity index (χ0n) is 10.8. The van der Waals surface area contributed by atoms with Crippen LogP contribution in [0.15, 0.2) is 30.6 Å². The highest BCUT2D eigenvalue weighted by Crippen LogP contribution is 2.22. The fourth-order valence-electron chi connectivity index (χ4n) is 1.89. The van der Waals surface area contributed by atoms with Crippen molar-refractivity contribution >= 4 is 23.7 Å². The minimum atomic E-state index is 0.177. The van der Waals surface area contributed by atoms with Crippen LogP contribution in [0.1, 0.15) is 21.5 Å². The first-order chi connectivity index (χ1) is 9.13. The Morgan fingerprint density at radius 3 is 2.74 bits per heavy atom. The zero-order valence-corrected chi connectivity index (χ0v) is 11.6. The number of carbonyl (C=O) groups is 1. The van der Waals surface area contributed by atoms with Crippen LogP contribution in [0.2, 0.25) is 5.15 Å². The molecule has 1 aromatic carbocycles. The van der Waals surface area contributed by atoms with Gasteiger partial charge in [-0.2, -0.15) is 0 Å². The molecule has 0 aliphatic carbocycles. The standard InChI is InChI=1S/C14H14ClN3O/c1-10-5-3-4-6-11(10)7-18(2)14-12(8-19)13(15)16-9-17-14/h3-6,8-9H,7H2,1-2H3. The number of carbonyl (C=O) groups excluding carboxylic acids is 1. The van der Waals surface area contributed by atoms with Gasteiger partial charge in [0, 0.05) is 13.6 Å². The number of nitrogens with zero attached hydrogens (tertiary/aromatic N) is 3. The molecular weight excluding hydrogens is 262 g/mol. The first-order valence-electron chi connectivity index (χ1n) is 5.84. The van der Waals surface area contributed by atoms with Gasteiger partial charge in [0.1, 0.15) is 17.3 Å². The average Bonchev–Trinajstić information content (AvgIpc) is 2.41. The summed E-state index contributed by atoms with van der Waals surface area (Å²) >= 11 is 5.90. The smallest absolute Gasteiger partial charge is 0.156 e. The van der Waals surface area contributed by atoms with Crippen molar-refractivity contribution in [2.45, 2.75) is 13.5 Å². The summed E-state index contributed by atoms with van der Waals surface area (Å²) < 4.78 is 0. The molecule has 5 heteroatoms. The van der Waals surface area contributed by atoms with Crippen LogP contribution in [0.3, 0.4) is 0 Å². The number of halogens is 1. The van der Waals surface area contributed by atoms with Crippen molar-refractivity contribution < 1.29 is 4.79 Å². The fourth-order valence-corrected chi connectivity index (χ4v) is 2.06. The highest BCUT2D eigenvalue weighted by atomic mass is 35.5. The molecule has 0 spiro atoms. The van der Waals surface area contributed by atoms with Crippen LogP contribution in [0.25, 0.3) is 0 Å². The van der Waals surface area contributed by atoms with Crippen LogP contribution in [-0.2, 0) is 6.54 Å². The number of aryl methyl sites for hydroxylation is 1. The minimum absolute atomic E-state index is 0.177. The molecule has 2 aromatic rings. The van der Waals surface area contributed by atoms with Crippen molar-refractivity contribution in [3.05, 3.63) is 52.4 Å². The van der Waals surface area contributed by atoms with E-state index in [1.54, 1.807) is 0 Å². The topological polar surface area (TPSA) is 46.1 Å². The van der Waals surface area contributed by atoms with Gasteiger partial charge in [0.25, 0.3) is 0 Å². The number of benzene rings is 1. The van der Waals surface area contributed by atoms with Crippen molar-refractivity contribution in [3.8, 4) is 0 Å². The molecule has 1 aromatic heterocycles. The van der Waals surface area contributed by atoms with Gasteiger partial charge in [0.15, 0.2) is 6.29 Å². The molecule has 0 unspecified atom stereocenters. The third-order valence-electron chi connectivity index (χ3n) is 2.96. The Hall–Kier alpha value is -1.94. The molecule has 0 atom stereocenters. The third-order valence-corrected chi connectivity index (χ3v) is 3.26. The van der Waals surface area contributed by atoms with Gasteiger partial charge in [-0.3, -0.25) is 4.79 Å². The Kier molecular flexibility index (Phi) is 4.12. The monoisotopic (exact) mass is 275 g/mol. The van der Waals surface area contributed by atoms with Crippen LogP contribution in [0, 0.1) is 6.92 Å². The lowest BCUT2D eigenvalue weighted by atomic mass is 10.1. The first-order valence-corrected chi connectivity index (χ1v) is 6.22. The van der Waals surface area contributed by atoms with Crippen molar-refractivity contribution in [1.29, 1.82) is 0 Å². The molecule has 98 valence electrons.